The number of rotatable bonds is 7. The van der Waals surface area contributed by atoms with Crippen LogP contribution >= 0.6 is 12.2 Å². The first kappa shape index (κ1) is 22.9. The zero-order chi connectivity index (χ0) is 23.7. The second kappa shape index (κ2) is 9.33. The molecule has 0 aliphatic carbocycles. The van der Waals surface area contributed by atoms with E-state index in [0.717, 1.165) is 41.0 Å². The monoisotopic (exact) mass is 463 g/mol. The summed E-state index contributed by atoms with van der Waals surface area (Å²) in [5.41, 5.74) is 5.52. The molecule has 1 aromatic carbocycles. The summed E-state index contributed by atoms with van der Waals surface area (Å²) in [4.78, 5) is 20.3. The molecular weight excluding hydrogens is 434 g/mol. The van der Waals surface area contributed by atoms with Crippen LogP contribution in [0.1, 0.15) is 45.1 Å². The van der Waals surface area contributed by atoms with Gasteiger partial charge >= 0.3 is 5.97 Å². The van der Waals surface area contributed by atoms with Crippen LogP contribution in [0.2, 0.25) is 0 Å². The lowest BCUT2D eigenvalue weighted by atomic mass is 9.96. The summed E-state index contributed by atoms with van der Waals surface area (Å²) in [5.74, 6) is -0.927. The Morgan fingerprint density at radius 1 is 1.18 bits per heavy atom. The van der Waals surface area contributed by atoms with E-state index >= 15 is 0 Å². The highest BCUT2D eigenvalue weighted by Gasteiger charge is 2.41. The minimum absolute atomic E-state index is 0.00871. The van der Waals surface area contributed by atoms with E-state index in [0.29, 0.717) is 0 Å². The Bertz CT molecular complexity index is 1160. The molecule has 4 rings (SSSR count). The van der Waals surface area contributed by atoms with Gasteiger partial charge in [-0.1, -0.05) is 6.07 Å². The van der Waals surface area contributed by atoms with Gasteiger partial charge in [0.15, 0.2) is 5.11 Å². The average molecular weight is 464 g/mol. The second-order valence-corrected chi connectivity index (χ2v) is 9.02. The number of thiocarbonyl (C=S) groups is 1. The molecule has 0 spiro atoms. The van der Waals surface area contributed by atoms with Crippen LogP contribution in [0.5, 0.6) is 0 Å². The van der Waals surface area contributed by atoms with E-state index in [1.165, 1.54) is 5.56 Å². The maximum absolute atomic E-state index is 11.3. The summed E-state index contributed by atoms with van der Waals surface area (Å²) in [6.07, 6.45) is 1.81. The number of aromatic nitrogens is 2. The quantitative estimate of drug-likeness (QED) is 0.517. The SMILES string of the molecule is Cc1cc([C@H]2[C@@H](c3ccccn3)NC(=S)N2CCN(C)C)c(C)n1-c1ccc(C(=O)O)cc1. The Kier molecular flexibility index (Phi) is 6.49. The number of nitrogens with one attached hydrogen (secondary N) is 1. The van der Waals surface area contributed by atoms with Gasteiger partial charge in [-0.25, -0.2) is 4.79 Å². The molecule has 172 valence electrons. The molecule has 0 amide bonds. The molecule has 2 N–H and O–H groups in total. The van der Waals surface area contributed by atoms with E-state index in [1.807, 2.05) is 36.5 Å². The minimum Gasteiger partial charge on any atom is -0.478 e. The molecule has 1 aliphatic heterocycles. The first-order chi connectivity index (χ1) is 15.8. The second-order valence-electron chi connectivity index (χ2n) is 8.64. The van der Waals surface area contributed by atoms with Gasteiger partial charge in [0.1, 0.15) is 0 Å². The van der Waals surface area contributed by atoms with Crippen molar-refractivity contribution in [2.75, 3.05) is 27.2 Å². The van der Waals surface area contributed by atoms with Crippen LogP contribution in [0.3, 0.4) is 0 Å². The van der Waals surface area contributed by atoms with Crippen LogP contribution in [0.4, 0.5) is 0 Å². The van der Waals surface area contributed by atoms with Gasteiger partial charge in [0.25, 0.3) is 0 Å². The molecule has 0 unspecified atom stereocenters. The third-order valence-corrected chi connectivity index (χ3v) is 6.50. The van der Waals surface area contributed by atoms with Crippen molar-refractivity contribution in [3.63, 3.8) is 0 Å². The summed E-state index contributed by atoms with van der Waals surface area (Å²) in [5, 5.41) is 13.5. The van der Waals surface area contributed by atoms with E-state index < -0.39 is 5.97 Å². The third kappa shape index (κ3) is 4.49. The first-order valence-electron chi connectivity index (χ1n) is 10.9. The third-order valence-electron chi connectivity index (χ3n) is 6.15. The van der Waals surface area contributed by atoms with Crippen molar-refractivity contribution in [1.29, 1.82) is 0 Å². The molecule has 0 radical (unpaired) electrons. The molecule has 33 heavy (non-hydrogen) atoms. The Morgan fingerprint density at radius 3 is 2.52 bits per heavy atom. The Morgan fingerprint density at radius 2 is 1.91 bits per heavy atom. The van der Waals surface area contributed by atoms with Crippen LogP contribution < -0.4 is 5.32 Å². The van der Waals surface area contributed by atoms with Gasteiger partial charge in [0.05, 0.1) is 23.3 Å². The zero-order valence-electron chi connectivity index (χ0n) is 19.3. The molecule has 2 atom stereocenters. The normalized spacial score (nSPS) is 18.1. The number of benzene rings is 1. The van der Waals surface area contributed by atoms with Crippen LogP contribution in [0.25, 0.3) is 5.69 Å². The van der Waals surface area contributed by atoms with Gasteiger partial charge in [0.2, 0.25) is 0 Å². The zero-order valence-corrected chi connectivity index (χ0v) is 20.1. The molecule has 7 nitrogen and oxygen atoms in total. The number of carboxylic acid groups (broad SMARTS) is 1. The molecule has 0 saturated carbocycles. The number of hydrogen-bond acceptors (Lipinski definition) is 4. The fourth-order valence-corrected chi connectivity index (χ4v) is 4.86. The maximum atomic E-state index is 11.3. The predicted molar refractivity (Wildman–Crippen MR) is 133 cm³/mol. The van der Waals surface area contributed by atoms with Gasteiger partial charge in [-0.15, -0.1) is 0 Å². The van der Waals surface area contributed by atoms with Gasteiger partial charge in [-0.05, 0) is 88.2 Å². The highest BCUT2D eigenvalue weighted by Crippen LogP contribution is 2.41. The van der Waals surface area contributed by atoms with Crippen molar-refractivity contribution in [3.8, 4) is 5.69 Å². The molecule has 1 aliphatic rings. The Labute approximate surface area is 199 Å². The fourth-order valence-electron chi connectivity index (χ4n) is 4.53. The highest BCUT2D eigenvalue weighted by atomic mass is 32.1. The van der Waals surface area contributed by atoms with Crippen molar-refractivity contribution in [2.24, 2.45) is 0 Å². The summed E-state index contributed by atoms with van der Waals surface area (Å²) in [6, 6.07) is 15.1. The summed E-state index contributed by atoms with van der Waals surface area (Å²) in [6.45, 7) is 5.85. The van der Waals surface area contributed by atoms with Crippen molar-refractivity contribution in [3.05, 3.63) is 82.9 Å². The summed E-state index contributed by atoms with van der Waals surface area (Å²) >= 11 is 5.77. The number of aromatic carboxylic acids is 1. The number of hydrogen-bond donors (Lipinski definition) is 2. The van der Waals surface area contributed by atoms with Crippen LogP contribution in [0.15, 0.2) is 54.7 Å². The number of nitrogens with zero attached hydrogens (tertiary/aromatic N) is 4. The number of likely N-dealkylation sites (N-methyl/N-ethyl adjacent to an activating group) is 1. The van der Waals surface area contributed by atoms with Crippen molar-refractivity contribution >= 4 is 23.3 Å². The largest absolute Gasteiger partial charge is 0.478 e. The van der Waals surface area contributed by atoms with Crippen molar-refractivity contribution in [1.82, 2.24) is 24.7 Å². The Hall–Kier alpha value is -3.23. The lowest BCUT2D eigenvalue weighted by molar-refractivity contribution is 0.0697. The number of carbonyl (C=O) groups is 1. The van der Waals surface area contributed by atoms with E-state index in [1.54, 1.807) is 12.1 Å². The number of carboxylic acids is 1. The van der Waals surface area contributed by atoms with E-state index in [9.17, 15) is 9.90 Å². The molecule has 2 aromatic heterocycles. The van der Waals surface area contributed by atoms with Crippen molar-refractivity contribution in [2.45, 2.75) is 25.9 Å². The lowest BCUT2D eigenvalue weighted by Gasteiger charge is -2.29. The van der Waals surface area contributed by atoms with E-state index in [-0.39, 0.29) is 17.6 Å². The fraction of sp³-hybridized carbons (Fsp3) is 0.320. The average Bonchev–Trinajstić information content (AvgIpc) is 3.27. The molecule has 3 aromatic rings. The molecular formula is C25H29N5O2S. The van der Waals surface area contributed by atoms with Gasteiger partial charge < -0.3 is 24.8 Å². The predicted octanol–water partition coefficient (Wildman–Crippen LogP) is 3.72. The maximum Gasteiger partial charge on any atom is 0.335 e. The van der Waals surface area contributed by atoms with E-state index in [2.05, 4.69) is 58.7 Å². The molecule has 3 heterocycles. The molecule has 1 fully saturated rings. The van der Waals surface area contributed by atoms with Crippen LogP contribution in [-0.4, -0.2) is 62.7 Å². The molecule has 1 saturated heterocycles. The topological polar surface area (TPSA) is 73.6 Å². The molecule has 8 heteroatoms. The minimum atomic E-state index is -0.927. The highest BCUT2D eigenvalue weighted by molar-refractivity contribution is 7.80. The van der Waals surface area contributed by atoms with E-state index in [4.69, 9.17) is 12.2 Å². The standard InChI is InChI=1S/C25H29N5O2S/c1-16-15-20(17(2)30(16)19-10-8-18(9-11-19)24(31)32)23-22(21-7-5-6-12-26-21)27-25(33)29(23)14-13-28(3)4/h5-12,15,22-23H,13-14H2,1-4H3,(H,27,33)(H,31,32)/t22-,23+/m1/s1. The van der Waals surface area contributed by atoms with Gasteiger partial charge in [-0.3, -0.25) is 4.98 Å². The van der Waals surface area contributed by atoms with Crippen molar-refractivity contribution < 1.29 is 9.90 Å². The van der Waals surface area contributed by atoms with Gasteiger partial charge in [0, 0.05) is 36.4 Å². The number of aryl methyl sites for hydroxylation is 1. The Balaban J connectivity index is 1.78. The first-order valence-corrected chi connectivity index (χ1v) is 11.3. The van der Waals surface area contributed by atoms with Gasteiger partial charge in [-0.2, -0.15) is 0 Å². The smallest absolute Gasteiger partial charge is 0.335 e. The van der Waals surface area contributed by atoms with Crippen LogP contribution in [-0.2, 0) is 0 Å². The lowest BCUT2D eigenvalue weighted by Crippen LogP contribution is -2.35. The number of pyridine rings is 1. The van der Waals surface area contributed by atoms with Crippen LogP contribution in [0, 0.1) is 13.8 Å². The summed E-state index contributed by atoms with van der Waals surface area (Å²) in [7, 11) is 4.12. The molecule has 0 bridgehead atoms. The summed E-state index contributed by atoms with van der Waals surface area (Å²) < 4.78 is 2.17.